The number of halogens is 1. The number of ether oxygens (including phenoxy) is 1. The fraction of sp³-hybridized carbons (Fsp3) is 0.222. The summed E-state index contributed by atoms with van der Waals surface area (Å²) in [5.74, 6) is 0.142. The fourth-order valence-corrected chi connectivity index (χ4v) is 2.19. The molecular weight excluding hydrogens is 328 g/mol. The Morgan fingerprint density at radius 3 is 2.29 bits per heavy atom. The number of carbonyl (C=O) groups is 2. The van der Waals surface area contributed by atoms with Crippen molar-refractivity contribution in [3.8, 4) is 5.75 Å². The highest BCUT2D eigenvalue weighted by Gasteiger charge is 2.08. The van der Waals surface area contributed by atoms with Crippen LogP contribution >= 0.6 is 11.6 Å². The van der Waals surface area contributed by atoms with Crippen molar-refractivity contribution in [3.63, 3.8) is 0 Å². The average Bonchev–Trinajstić information content (AvgIpc) is 2.61. The van der Waals surface area contributed by atoms with Crippen molar-refractivity contribution in [1.82, 2.24) is 10.6 Å². The van der Waals surface area contributed by atoms with Gasteiger partial charge in [0.05, 0.1) is 13.7 Å². The monoisotopic (exact) mass is 346 g/mol. The zero-order valence-electron chi connectivity index (χ0n) is 13.3. The third-order valence-corrected chi connectivity index (χ3v) is 3.66. The van der Waals surface area contributed by atoms with Crippen molar-refractivity contribution in [3.05, 3.63) is 64.7 Å². The molecule has 0 unspecified atom stereocenters. The second-order valence-electron chi connectivity index (χ2n) is 5.14. The van der Waals surface area contributed by atoms with Crippen molar-refractivity contribution in [1.29, 1.82) is 0 Å². The lowest BCUT2D eigenvalue weighted by molar-refractivity contribution is -0.120. The van der Waals surface area contributed by atoms with Gasteiger partial charge in [0.15, 0.2) is 0 Å². The van der Waals surface area contributed by atoms with E-state index in [0.29, 0.717) is 29.3 Å². The minimum Gasteiger partial charge on any atom is -0.497 e. The minimum atomic E-state index is -0.300. The Kier molecular flexibility index (Phi) is 6.63. The number of methoxy groups -OCH3 is 1. The first-order valence-electron chi connectivity index (χ1n) is 7.52. The van der Waals surface area contributed by atoms with Crippen molar-refractivity contribution in [2.75, 3.05) is 20.2 Å². The number of amides is 2. The van der Waals surface area contributed by atoms with Gasteiger partial charge in [0.2, 0.25) is 5.91 Å². The molecule has 0 aliphatic heterocycles. The van der Waals surface area contributed by atoms with Gasteiger partial charge in [0.1, 0.15) is 5.75 Å². The molecule has 0 spiro atoms. The molecule has 2 N–H and O–H groups in total. The lowest BCUT2D eigenvalue weighted by Crippen LogP contribution is -2.37. The largest absolute Gasteiger partial charge is 0.497 e. The molecule has 0 heterocycles. The van der Waals surface area contributed by atoms with Gasteiger partial charge in [-0.2, -0.15) is 0 Å². The van der Waals surface area contributed by atoms with E-state index in [1.807, 2.05) is 24.3 Å². The summed E-state index contributed by atoms with van der Waals surface area (Å²) in [6.07, 6.45) is 0.704. The van der Waals surface area contributed by atoms with Crippen LogP contribution in [0, 0.1) is 0 Å². The molecule has 0 aliphatic carbocycles. The van der Waals surface area contributed by atoms with Crippen LogP contribution in [0.15, 0.2) is 48.5 Å². The van der Waals surface area contributed by atoms with Crippen molar-refractivity contribution >= 4 is 23.4 Å². The standard InChI is InChI=1S/C18H19ClN2O3/c1-24-16-8-4-14(5-9-16)18(23)21-12-17(22)20-11-10-13-2-6-15(19)7-3-13/h2-9H,10-12H2,1H3,(H,20,22)(H,21,23). The molecule has 126 valence electrons. The zero-order chi connectivity index (χ0) is 17.4. The first kappa shape index (κ1) is 17.8. The highest BCUT2D eigenvalue weighted by molar-refractivity contribution is 6.30. The molecule has 0 aromatic heterocycles. The highest BCUT2D eigenvalue weighted by atomic mass is 35.5. The Hall–Kier alpha value is -2.53. The van der Waals surface area contributed by atoms with Gasteiger partial charge in [0.25, 0.3) is 5.91 Å². The van der Waals surface area contributed by atoms with E-state index in [9.17, 15) is 9.59 Å². The van der Waals surface area contributed by atoms with Gasteiger partial charge in [-0.3, -0.25) is 9.59 Å². The molecule has 2 rings (SSSR count). The van der Waals surface area contributed by atoms with Gasteiger partial charge in [-0.15, -0.1) is 0 Å². The van der Waals surface area contributed by atoms with Crippen LogP contribution in [0.4, 0.5) is 0 Å². The Balaban J connectivity index is 1.70. The molecule has 5 nitrogen and oxygen atoms in total. The van der Waals surface area contributed by atoms with Gasteiger partial charge >= 0.3 is 0 Å². The third-order valence-electron chi connectivity index (χ3n) is 3.41. The van der Waals surface area contributed by atoms with Gasteiger partial charge in [-0.1, -0.05) is 23.7 Å². The number of nitrogens with one attached hydrogen (secondary N) is 2. The lowest BCUT2D eigenvalue weighted by atomic mass is 10.1. The molecule has 0 bridgehead atoms. The third kappa shape index (κ3) is 5.59. The van der Waals surface area contributed by atoms with Gasteiger partial charge < -0.3 is 15.4 Å². The lowest BCUT2D eigenvalue weighted by Gasteiger charge is -2.08. The second kappa shape index (κ2) is 8.93. The van der Waals surface area contributed by atoms with Crippen molar-refractivity contribution < 1.29 is 14.3 Å². The first-order valence-corrected chi connectivity index (χ1v) is 7.89. The molecule has 0 saturated heterocycles. The van der Waals surface area contributed by atoms with Gasteiger partial charge in [-0.25, -0.2) is 0 Å². The summed E-state index contributed by atoms with van der Waals surface area (Å²) in [7, 11) is 1.56. The predicted octanol–water partition coefficient (Wildman–Crippen LogP) is 2.44. The molecule has 0 fully saturated rings. The van der Waals surface area contributed by atoms with E-state index in [1.54, 1.807) is 31.4 Å². The molecule has 2 aromatic carbocycles. The maximum absolute atomic E-state index is 11.9. The number of hydrogen-bond acceptors (Lipinski definition) is 3. The molecule has 0 saturated carbocycles. The topological polar surface area (TPSA) is 67.4 Å². The summed E-state index contributed by atoms with van der Waals surface area (Å²) in [5.41, 5.74) is 1.56. The molecule has 2 aromatic rings. The highest BCUT2D eigenvalue weighted by Crippen LogP contribution is 2.11. The van der Waals surface area contributed by atoms with Gasteiger partial charge in [-0.05, 0) is 48.4 Å². The van der Waals surface area contributed by atoms with E-state index in [4.69, 9.17) is 16.3 Å². The number of benzene rings is 2. The predicted molar refractivity (Wildman–Crippen MR) is 93.5 cm³/mol. The van der Waals surface area contributed by atoms with Crippen LogP contribution in [0.25, 0.3) is 0 Å². The molecule has 24 heavy (non-hydrogen) atoms. The normalized spacial score (nSPS) is 10.1. The van der Waals surface area contributed by atoms with Crippen LogP contribution in [-0.4, -0.2) is 32.0 Å². The Morgan fingerprint density at radius 1 is 1.00 bits per heavy atom. The van der Waals surface area contributed by atoms with E-state index in [2.05, 4.69) is 10.6 Å². The molecule has 0 aliphatic rings. The summed E-state index contributed by atoms with van der Waals surface area (Å²) >= 11 is 5.82. The molecule has 6 heteroatoms. The van der Waals surface area contributed by atoms with Crippen LogP contribution in [0.2, 0.25) is 5.02 Å². The summed E-state index contributed by atoms with van der Waals surface area (Å²) < 4.78 is 5.03. The summed E-state index contributed by atoms with van der Waals surface area (Å²) in [6.45, 7) is 0.435. The van der Waals surface area contributed by atoms with Crippen LogP contribution in [0.3, 0.4) is 0 Å². The van der Waals surface area contributed by atoms with E-state index in [-0.39, 0.29) is 18.4 Å². The van der Waals surface area contributed by atoms with Gasteiger partial charge in [0, 0.05) is 17.1 Å². The zero-order valence-corrected chi connectivity index (χ0v) is 14.1. The van der Waals surface area contributed by atoms with Crippen LogP contribution in [-0.2, 0) is 11.2 Å². The smallest absolute Gasteiger partial charge is 0.251 e. The molecule has 0 radical (unpaired) electrons. The molecule has 2 amide bonds. The SMILES string of the molecule is COc1ccc(C(=O)NCC(=O)NCCc2ccc(Cl)cc2)cc1. The first-order chi connectivity index (χ1) is 11.6. The Bertz CT molecular complexity index is 684. The maximum Gasteiger partial charge on any atom is 0.251 e. The molecule has 0 atom stereocenters. The Morgan fingerprint density at radius 2 is 1.67 bits per heavy atom. The van der Waals surface area contributed by atoms with Crippen molar-refractivity contribution in [2.45, 2.75) is 6.42 Å². The maximum atomic E-state index is 11.9. The quantitative estimate of drug-likeness (QED) is 0.809. The van der Waals surface area contributed by atoms with E-state index >= 15 is 0 Å². The van der Waals surface area contributed by atoms with E-state index in [1.165, 1.54) is 0 Å². The second-order valence-corrected chi connectivity index (χ2v) is 5.57. The van der Waals surface area contributed by atoms with E-state index in [0.717, 1.165) is 5.56 Å². The number of hydrogen-bond donors (Lipinski definition) is 2. The van der Waals surface area contributed by atoms with Crippen molar-refractivity contribution in [2.24, 2.45) is 0 Å². The average molecular weight is 347 g/mol. The van der Waals surface area contributed by atoms with E-state index < -0.39 is 0 Å². The van der Waals surface area contributed by atoms with Crippen LogP contribution < -0.4 is 15.4 Å². The summed E-state index contributed by atoms with van der Waals surface area (Å²) in [4.78, 5) is 23.7. The number of rotatable bonds is 7. The Labute approximate surface area is 146 Å². The minimum absolute atomic E-state index is 0.0640. The fourth-order valence-electron chi connectivity index (χ4n) is 2.06. The summed E-state index contributed by atoms with van der Waals surface area (Å²) in [5, 5.41) is 6.03. The number of carbonyl (C=O) groups excluding carboxylic acids is 2. The van der Waals surface area contributed by atoms with Crippen LogP contribution in [0.1, 0.15) is 15.9 Å². The van der Waals surface area contributed by atoms with Crippen LogP contribution in [0.5, 0.6) is 5.75 Å². The summed E-state index contributed by atoms with van der Waals surface area (Å²) in [6, 6.07) is 14.1. The molecular formula is C18H19ClN2O3.